The first-order chi connectivity index (χ1) is 8.08. The van der Waals surface area contributed by atoms with Crippen molar-refractivity contribution in [2.75, 3.05) is 11.1 Å². The van der Waals surface area contributed by atoms with Crippen molar-refractivity contribution in [2.45, 2.75) is 0 Å². The van der Waals surface area contributed by atoms with Crippen molar-refractivity contribution in [3.05, 3.63) is 39.3 Å². The Kier molecular flexibility index (Phi) is 3.27. The number of benzene rings is 1. The topological polar surface area (TPSA) is 83.8 Å². The van der Waals surface area contributed by atoms with Crippen LogP contribution in [0.1, 0.15) is 10.4 Å². The maximum Gasteiger partial charge on any atom is 0.261 e. The van der Waals surface area contributed by atoms with E-state index in [1.54, 1.807) is 0 Å². The number of nitrogen functional groups attached to an aromatic ring is 1. The summed E-state index contributed by atoms with van der Waals surface area (Å²) in [5, 5.41) is 8.74. The molecule has 2 rings (SSSR count). The van der Waals surface area contributed by atoms with Crippen molar-refractivity contribution in [3.8, 4) is 0 Å². The number of aromatic amines is 1. The molecule has 5 nitrogen and oxygen atoms in total. The average molecular weight is 346 g/mol. The zero-order valence-corrected chi connectivity index (χ0v) is 10.7. The van der Waals surface area contributed by atoms with Gasteiger partial charge in [-0.1, -0.05) is 0 Å². The van der Waals surface area contributed by atoms with Gasteiger partial charge in [-0.3, -0.25) is 9.89 Å². The quantitative estimate of drug-likeness (QED) is 0.728. The van der Waals surface area contributed by atoms with E-state index < -0.39 is 0 Å². The Morgan fingerprint density at radius 2 is 2.29 bits per heavy atom. The number of H-pyrrole nitrogens is 1. The number of amides is 1. The molecule has 1 amide bonds. The van der Waals surface area contributed by atoms with Crippen LogP contribution >= 0.6 is 22.6 Å². The second kappa shape index (κ2) is 4.70. The summed E-state index contributed by atoms with van der Waals surface area (Å²) < 4.78 is 13.5. The fraction of sp³-hybridized carbons (Fsp3) is 0. The second-order valence-corrected chi connectivity index (χ2v) is 4.44. The fourth-order valence-electron chi connectivity index (χ4n) is 1.26. The average Bonchev–Trinajstić information content (AvgIpc) is 2.68. The van der Waals surface area contributed by atoms with Crippen molar-refractivity contribution in [1.82, 2.24) is 10.2 Å². The predicted molar refractivity (Wildman–Crippen MR) is 70.1 cm³/mol. The van der Waals surface area contributed by atoms with Crippen molar-refractivity contribution < 1.29 is 9.18 Å². The molecule has 0 saturated heterocycles. The van der Waals surface area contributed by atoms with Crippen molar-refractivity contribution >= 4 is 40.0 Å². The molecule has 0 radical (unpaired) electrons. The number of rotatable bonds is 2. The lowest BCUT2D eigenvalue weighted by molar-refractivity contribution is 0.102. The molecule has 0 atom stereocenters. The Hall–Kier alpha value is -1.64. The Morgan fingerprint density at radius 1 is 1.53 bits per heavy atom. The molecule has 0 aliphatic carbocycles. The third-order valence-electron chi connectivity index (χ3n) is 2.09. The van der Waals surface area contributed by atoms with Gasteiger partial charge in [0.15, 0.2) is 0 Å². The van der Waals surface area contributed by atoms with Crippen LogP contribution in [0.3, 0.4) is 0 Å². The standard InChI is InChI=1S/C10H8FIN4O/c11-5-1-2-8(7(12)3-5)15-10(17)6-4-14-16-9(6)13/h1-4H,(H,15,17)(H3,13,14,16). The molecule has 0 spiro atoms. The van der Waals surface area contributed by atoms with Gasteiger partial charge in [0.2, 0.25) is 0 Å². The van der Waals surface area contributed by atoms with E-state index in [-0.39, 0.29) is 23.1 Å². The van der Waals surface area contributed by atoms with E-state index in [2.05, 4.69) is 15.5 Å². The first-order valence-electron chi connectivity index (χ1n) is 4.63. The van der Waals surface area contributed by atoms with Crippen molar-refractivity contribution in [2.24, 2.45) is 0 Å². The van der Waals surface area contributed by atoms with Gasteiger partial charge in [0.25, 0.3) is 5.91 Å². The lowest BCUT2D eigenvalue weighted by Crippen LogP contribution is -2.13. The minimum atomic E-state index is -0.388. The lowest BCUT2D eigenvalue weighted by atomic mass is 10.2. The molecule has 0 unspecified atom stereocenters. The van der Waals surface area contributed by atoms with Crippen molar-refractivity contribution in [1.29, 1.82) is 0 Å². The first kappa shape index (κ1) is 11.8. The Bertz CT molecular complexity index is 569. The summed E-state index contributed by atoms with van der Waals surface area (Å²) in [4.78, 5) is 11.8. The zero-order valence-electron chi connectivity index (χ0n) is 8.50. The summed E-state index contributed by atoms with van der Waals surface area (Å²) in [5.41, 5.74) is 6.30. The summed E-state index contributed by atoms with van der Waals surface area (Å²) in [7, 11) is 0. The first-order valence-corrected chi connectivity index (χ1v) is 5.71. The summed E-state index contributed by atoms with van der Waals surface area (Å²) in [6.07, 6.45) is 1.33. The smallest absolute Gasteiger partial charge is 0.261 e. The number of aromatic nitrogens is 2. The van der Waals surface area contributed by atoms with Crippen LogP contribution in [0, 0.1) is 9.39 Å². The molecule has 7 heteroatoms. The Labute approximate surface area is 110 Å². The molecule has 0 fully saturated rings. The van der Waals surface area contributed by atoms with Crippen LogP contribution in [0.25, 0.3) is 0 Å². The van der Waals surface area contributed by atoms with E-state index in [0.717, 1.165) is 0 Å². The monoisotopic (exact) mass is 346 g/mol. The van der Waals surface area contributed by atoms with Gasteiger partial charge in [-0.15, -0.1) is 0 Å². The minimum Gasteiger partial charge on any atom is -0.383 e. The molecular formula is C10H8FIN4O. The highest BCUT2D eigenvalue weighted by atomic mass is 127. The zero-order chi connectivity index (χ0) is 12.4. The highest BCUT2D eigenvalue weighted by Gasteiger charge is 2.13. The van der Waals surface area contributed by atoms with E-state index in [0.29, 0.717) is 9.26 Å². The van der Waals surface area contributed by atoms with Crippen LogP contribution < -0.4 is 11.1 Å². The summed E-state index contributed by atoms with van der Waals surface area (Å²) in [6.45, 7) is 0. The van der Waals surface area contributed by atoms with Gasteiger partial charge in [0, 0.05) is 3.57 Å². The van der Waals surface area contributed by atoms with Gasteiger partial charge in [-0.05, 0) is 40.8 Å². The number of halogens is 2. The molecule has 88 valence electrons. The molecular weight excluding hydrogens is 338 g/mol. The van der Waals surface area contributed by atoms with Gasteiger partial charge in [0.05, 0.1) is 11.9 Å². The summed E-state index contributed by atoms with van der Waals surface area (Å²) in [5.74, 6) is -0.546. The van der Waals surface area contributed by atoms with Gasteiger partial charge in [-0.2, -0.15) is 5.10 Å². The third-order valence-corrected chi connectivity index (χ3v) is 2.99. The number of carbonyl (C=O) groups is 1. The van der Waals surface area contributed by atoms with E-state index in [1.807, 2.05) is 22.6 Å². The molecule has 1 aromatic heterocycles. The molecule has 0 saturated carbocycles. The van der Waals surface area contributed by atoms with E-state index in [1.165, 1.54) is 24.4 Å². The van der Waals surface area contributed by atoms with E-state index >= 15 is 0 Å². The third kappa shape index (κ3) is 2.54. The molecule has 4 N–H and O–H groups in total. The van der Waals surface area contributed by atoms with E-state index in [4.69, 9.17) is 5.73 Å². The Morgan fingerprint density at radius 3 is 2.88 bits per heavy atom. The molecule has 17 heavy (non-hydrogen) atoms. The van der Waals surface area contributed by atoms with Crippen LogP contribution in [-0.4, -0.2) is 16.1 Å². The number of carbonyl (C=O) groups excluding carboxylic acids is 1. The SMILES string of the molecule is Nc1[nH]ncc1C(=O)Nc1ccc(F)cc1I. The number of nitrogens with zero attached hydrogens (tertiary/aromatic N) is 1. The van der Waals surface area contributed by atoms with Crippen LogP contribution in [0.2, 0.25) is 0 Å². The minimum absolute atomic E-state index is 0.194. The van der Waals surface area contributed by atoms with Crippen LogP contribution in [0.4, 0.5) is 15.9 Å². The van der Waals surface area contributed by atoms with Gasteiger partial charge >= 0.3 is 0 Å². The van der Waals surface area contributed by atoms with Gasteiger partial charge < -0.3 is 11.1 Å². The number of hydrogen-bond donors (Lipinski definition) is 3. The lowest BCUT2D eigenvalue weighted by Gasteiger charge is -2.06. The molecule has 0 bridgehead atoms. The van der Waals surface area contributed by atoms with Crippen molar-refractivity contribution in [3.63, 3.8) is 0 Å². The number of nitrogens with two attached hydrogens (primary N) is 1. The van der Waals surface area contributed by atoms with E-state index in [9.17, 15) is 9.18 Å². The van der Waals surface area contributed by atoms with Crippen LogP contribution in [0.15, 0.2) is 24.4 Å². The summed E-state index contributed by atoms with van der Waals surface area (Å²) in [6, 6.07) is 4.09. The predicted octanol–water partition coefficient (Wildman–Crippen LogP) is 1.99. The number of anilines is 2. The molecule has 1 aromatic carbocycles. The fourth-order valence-corrected chi connectivity index (χ4v) is 1.87. The molecule has 0 aliphatic heterocycles. The largest absolute Gasteiger partial charge is 0.383 e. The number of nitrogens with one attached hydrogen (secondary N) is 2. The normalized spacial score (nSPS) is 10.2. The molecule has 1 heterocycles. The Balaban J connectivity index is 2.22. The van der Waals surface area contributed by atoms with Crippen LogP contribution in [-0.2, 0) is 0 Å². The molecule has 0 aliphatic rings. The highest BCUT2D eigenvalue weighted by molar-refractivity contribution is 14.1. The second-order valence-electron chi connectivity index (χ2n) is 3.28. The maximum atomic E-state index is 12.9. The number of hydrogen-bond acceptors (Lipinski definition) is 3. The molecule has 2 aromatic rings. The van der Waals surface area contributed by atoms with Gasteiger partial charge in [-0.25, -0.2) is 4.39 Å². The van der Waals surface area contributed by atoms with Gasteiger partial charge in [0.1, 0.15) is 17.2 Å². The summed E-state index contributed by atoms with van der Waals surface area (Å²) >= 11 is 1.94. The van der Waals surface area contributed by atoms with Crippen LogP contribution in [0.5, 0.6) is 0 Å². The maximum absolute atomic E-state index is 12.9. The highest BCUT2D eigenvalue weighted by Crippen LogP contribution is 2.20.